The van der Waals surface area contributed by atoms with Gasteiger partial charge in [0.15, 0.2) is 11.3 Å². The van der Waals surface area contributed by atoms with Gasteiger partial charge in [0.2, 0.25) is 12.0 Å². The maximum Gasteiger partial charge on any atom is 0.336 e. The highest BCUT2D eigenvalue weighted by Crippen LogP contribution is 2.36. The fourth-order valence-corrected chi connectivity index (χ4v) is 2.49. The molecule has 0 bridgehead atoms. The number of hydrogen-bond donors (Lipinski definition) is 5. The Hall–Kier alpha value is -2.17. The largest absolute Gasteiger partial charge is 0.504 e. The minimum Gasteiger partial charge on any atom is -0.504 e. The van der Waals surface area contributed by atoms with Crippen molar-refractivity contribution >= 4 is 11.0 Å². The lowest BCUT2D eigenvalue weighted by molar-refractivity contribution is -0.277. The van der Waals surface area contributed by atoms with E-state index in [1.807, 2.05) is 0 Å². The molecule has 0 aliphatic carbocycles. The second kappa shape index (κ2) is 6.38. The van der Waals surface area contributed by atoms with Crippen molar-refractivity contribution in [2.24, 2.45) is 0 Å². The molecule has 0 saturated carbocycles. The third kappa shape index (κ3) is 2.83. The molecule has 0 radical (unpaired) electrons. The summed E-state index contributed by atoms with van der Waals surface area (Å²) in [5.74, 6) is -0.650. The number of benzene rings is 1. The zero-order valence-electron chi connectivity index (χ0n) is 12.3. The summed E-state index contributed by atoms with van der Waals surface area (Å²) in [5, 5.41) is 49.1. The van der Waals surface area contributed by atoms with E-state index in [9.17, 15) is 25.2 Å². The minimum absolute atomic E-state index is 0.0699. The van der Waals surface area contributed by atoms with Crippen LogP contribution >= 0.6 is 0 Å². The molecule has 1 aromatic heterocycles. The molecular weight excluding hydrogens is 324 g/mol. The van der Waals surface area contributed by atoms with Gasteiger partial charge in [0.05, 0.1) is 6.61 Å². The normalized spacial score (nSPS) is 30.4. The van der Waals surface area contributed by atoms with Gasteiger partial charge in [-0.2, -0.15) is 0 Å². The summed E-state index contributed by atoms with van der Waals surface area (Å²) in [6.07, 6.45) is -7.51. The highest BCUT2D eigenvalue weighted by Gasteiger charge is 2.45. The molecule has 3 rings (SSSR count). The number of aliphatic hydroxyl groups excluding tert-OH is 4. The SMILES string of the molecule is O=c1ccc2ccc(O)c(O[C@H]3O[C@@H](CO)[C@H](O)[C@@H](O)[C@@H]3O)c2o1. The predicted molar refractivity (Wildman–Crippen MR) is 78.5 cm³/mol. The molecule has 1 aliphatic heterocycles. The molecule has 24 heavy (non-hydrogen) atoms. The third-order valence-corrected chi connectivity index (χ3v) is 3.81. The van der Waals surface area contributed by atoms with Crippen molar-refractivity contribution in [2.75, 3.05) is 6.61 Å². The molecule has 1 aliphatic rings. The van der Waals surface area contributed by atoms with E-state index in [1.54, 1.807) is 0 Å². The zero-order valence-corrected chi connectivity index (χ0v) is 12.3. The van der Waals surface area contributed by atoms with Crippen molar-refractivity contribution in [1.29, 1.82) is 0 Å². The second-order valence-electron chi connectivity index (χ2n) is 5.40. The van der Waals surface area contributed by atoms with E-state index >= 15 is 0 Å². The van der Waals surface area contributed by atoms with Gasteiger partial charge in [-0.25, -0.2) is 4.79 Å². The monoisotopic (exact) mass is 340 g/mol. The van der Waals surface area contributed by atoms with Crippen LogP contribution in [0.15, 0.2) is 33.5 Å². The van der Waals surface area contributed by atoms with Gasteiger partial charge in [-0.05, 0) is 18.2 Å². The molecule has 5 N–H and O–H groups in total. The fourth-order valence-electron chi connectivity index (χ4n) is 2.49. The van der Waals surface area contributed by atoms with Crippen molar-refractivity contribution in [3.05, 3.63) is 34.7 Å². The Bertz CT molecular complexity index is 784. The average Bonchev–Trinajstić information content (AvgIpc) is 2.57. The Morgan fingerprint density at radius 1 is 1.04 bits per heavy atom. The van der Waals surface area contributed by atoms with E-state index in [0.29, 0.717) is 5.39 Å². The number of ether oxygens (including phenoxy) is 2. The Morgan fingerprint density at radius 2 is 1.75 bits per heavy atom. The number of phenols is 1. The lowest BCUT2D eigenvalue weighted by atomic mass is 9.99. The van der Waals surface area contributed by atoms with Crippen molar-refractivity contribution in [3.63, 3.8) is 0 Å². The first kappa shape index (κ1) is 16.7. The van der Waals surface area contributed by atoms with Crippen LogP contribution < -0.4 is 10.4 Å². The average molecular weight is 340 g/mol. The Labute approximate surface area is 134 Å². The lowest BCUT2D eigenvalue weighted by Gasteiger charge is -2.39. The van der Waals surface area contributed by atoms with Crippen molar-refractivity contribution in [2.45, 2.75) is 30.7 Å². The standard InChI is InChI=1S/C15H16O9/c16-5-8-10(19)11(20)12(21)15(22-8)24-14-7(17)3-1-6-2-4-9(18)23-13(6)14/h1-4,8,10-12,15-17,19-21H,5H2/t8-,10-,11+,12-,15+/m0/s1. The Balaban J connectivity index is 1.98. The molecular formula is C15H16O9. The van der Waals surface area contributed by atoms with Crippen molar-refractivity contribution in [3.8, 4) is 11.5 Å². The zero-order chi connectivity index (χ0) is 17.4. The van der Waals surface area contributed by atoms with Crippen LogP contribution in [-0.4, -0.2) is 62.8 Å². The third-order valence-electron chi connectivity index (χ3n) is 3.81. The number of aliphatic hydroxyl groups is 4. The number of rotatable bonds is 3. The fraction of sp³-hybridized carbons (Fsp3) is 0.400. The van der Waals surface area contributed by atoms with Gasteiger partial charge < -0.3 is 39.4 Å². The van der Waals surface area contributed by atoms with E-state index in [4.69, 9.17) is 19.0 Å². The maximum absolute atomic E-state index is 11.4. The summed E-state index contributed by atoms with van der Waals surface area (Å²) in [6.45, 7) is -0.624. The van der Waals surface area contributed by atoms with Gasteiger partial charge in [-0.1, -0.05) is 0 Å². The van der Waals surface area contributed by atoms with E-state index in [1.165, 1.54) is 24.3 Å². The van der Waals surface area contributed by atoms with Crippen LogP contribution in [0, 0.1) is 0 Å². The second-order valence-corrected chi connectivity index (χ2v) is 5.40. The summed E-state index contributed by atoms with van der Waals surface area (Å²) < 4.78 is 15.6. The van der Waals surface area contributed by atoms with Crippen LogP contribution in [-0.2, 0) is 4.74 Å². The molecule has 9 heteroatoms. The van der Waals surface area contributed by atoms with Crippen molar-refractivity contribution < 1.29 is 39.4 Å². The molecule has 0 spiro atoms. The quantitative estimate of drug-likeness (QED) is 0.429. The van der Waals surface area contributed by atoms with Crippen LogP contribution in [0.1, 0.15) is 0 Å². The van der Waals surface area contributed by atoms with Crippen LogP contribution in [0.3, 0.4) is 0 Å². The molecule has 130 valence electrons. The van der Waals surface area contributed by atoms with Crippen LogP contribution in [0.2, 0.25) is 0 Å². The molecule has 2 heterocycles. The maximum atomic E-state index is 11.4. The van der Waals surface area contributed by atoms with E-state index in [2.05, 4.69) is 0 Å². The van der Waals surface area contributed by atoms with Gasteiger partial charge in [-0.15, -0.1) is 0 Å². The topological polar surface area (TPSA) is 150 Å². The number of hydrogen-bond acceptors (Lipinski definition) is 9. The molecule has 1 aromatic carbocycles. The van der Waals surface area contributed by atoms with Gasteiger partial charge >= 0.3 is 5.63 Å². The molecule has 1 fully saturated rings. The first-order chi connectivity index (χ1) is 11.4. The van der Waals surface area contributed by atoms with Crippen LogP contribution in [0.5, 0.6) is 11.5 Å². The number of fused-ring (bicyclic) bond motifs is 1. The minimum atomic E-state index is -1.66. The van der Waals surface area contributed by atoms with E-state index < -0.39 is 42.9 Å². The van der Waals surface area contributed by atoms with Gasteiger partial charge in [-0.3, -0.25) is 0 Å². The summed E-state index contributed by atoms with van der Waals surface area (Å²) in [4.78, 5) is 11.4. The lowest BCUT2D eigenvalue weighted by Crippen LogP contribution is -2.60. The summed E-state index contributed by atoms with van der Waals surface area (Å²) in [7, 11) is 0. The predicted octanol–water partition coefficient (Wildman–Crippen LogP) is -1.32. The van der Waals surface area contributed by atoms with Gasteiger partial charge in [0, 0.05) is 11.5 Å². The number of aromatic hydroxyl groups is 1. The van der Waals surface area contributed by atoms with Crippen molar-refractivity contribution in [1.82, 2.24) is 0 Å². The van der Waals surface area contributed by atoms with Crippen LogP contribution in [0.25, 0.3) is 11.0 Å². The van der Waals surface area contributed by atoms with E-state index in [0.717, 1.165) is 0 Å². The first-order valence-corrected chi connectivity index (χ1v) is 7.15. The van der Waals surface area contributed by atoms with Crippen LogP contribution in [0.4, 0.5) is 0 Å². The van der Waals surface area contributed by atoms with Gasteiger partial charge in [0.25, 0.3) is 0 Å². The highest BCUT2D eigenvalue weighted by atomic mass is 16.7. The Morgan fingerprint density at radius 3 is 2.46 bits per heavy atom. The first-order valence-electron chi connectivity index (χ1n) is 7.15. The molecule has 9 nitrogen and oxygen atoms in total. The van der Waals surface area contributed by atoms with Gasteiger partial charge in [0.1, 0.15) is 24.4 Å². The number of phenolic OH excluding ortho intramolecular Hbond substituents is 1. The summed E-state index contributed by atoms with van der Waals surface area (Å²) in [5.41, 5.74) is -0.744. The highest BCUT2D eigenvalue weighted by molar-refractivity contribution is 5.85. The van der Waals surface area contributed by atoms with E-state index in [-0.39, 0.29) is 17.1 Å². The molecule has 5 atom stereocenters. The summed E-state index contributed by atoms with van der Waals surface area (Å²) in [6, 6.07) is 5.44. The smallest absolute Gasteiger partial charge is 0.336 e. The molecule has 0 amide bonds. The molecule has 0 unspecified atom stereocenters. The Kier molecular flexibility index (Phi) is 4.43. The molecule has 2 aromatic rings. The summed E-state index contributed by atoms with van der Waals surface area (Å²) >= 11 is 0. The molecule has 1 saturated heterocycles.